The van der Waals surface area contributed by atoms with Crippen molar-refractivity contribution in [2.75, 3.05) is 0 Å². The van der Waals surface area contributed by atoms with E-state index in [-0.39, 0.29) is 29.9 Å². The maximum atomic E-state index is 15.1. The van der Waals surface area contributed by atoms with Gasteiger partial charge in [-0.25, -0.2) is 8.78 Å². The number of nitrogens with one attached hydrogen (secondary N) is 2. The molecular weight excluding hydrogens is 492 g/mol. The van der Waals surface area contributed by atoms with Crippen LogP contribution >= 0.6 is 11.6 Å². The van der Waals surface area contributed by atoms with Crippen LogP contribution < -0.4 is 10.6 Å². The van der Waals surface area contributed by atoms with Crippen molar-refractivity contribution in [3.63, 3.8) is 0 Å². The van der Waals surface area contributed by atoms with Gasteiger partial charge in [0.05, 0.1) is 11.6 Å². The number of hydrogen-bond acceptors (Lipinski definition) is 5. The maximum Gasteiger partial charge on any atom is 0.399 e. The minimum atomic E-state index is -4.15. The summed E-state index contributed by atoms with van der Waals surface area (Å²) in [5.41, 5.74) is -0.760. The number of aromatic nitrogens is 2. The number of hydrogen-bond donors (Lipinski definition) is 2. The van der Waals surface area contributed by atoms with Crippen molar-refractivity contribution in [1.82, 2.24) is 20.8 Å². The fourth-order valence-electron chi connectivity index (χ4n) is 3.66. The van der Waals surface area contributed by atoms with Crippen molar-refractivity contribution in [3.8, 4) is 22.6 Å². The Morgan fingerprint density at radius 2 is 1.89 bits per heavy atom. The van der Waals surface area contributed by atoms with Gasteiger partial charge < -0.3 is 15.2 Å². The molecule has 1 heterocycles. The summed E-state index contributed by atoms with van der Waals surface area (Å²) in [7, 11) is 0. The van der Waals surface area contributed by atoms with E-state index in [0.29, 0.717) is 17.0 Å². The first-order valence-electron chi connectivity index (χ1n) is 10.5. The lowest BCUT2D eigenvalue weighted by molar-refractivity contribution is -0.139. The normalized spacial score (nSPS) is 15.4. The van der Waals surface area contributed by atoms with E-state index >= 15 is 4.39 Å². The van der Waals surface area contributed by atoms with Crippen LogP contribution in [0.3, 0.4) is 0 Å². The summed E-state index contributed by atoms with van der Waals surface area (Å²) in [5.74, 6) is -3.59. The van der Waals surface area contributed by atoms with E-state index < -0.39 is 40.4 Å². The zero-order chi connectivity index (χ0) is 25.5. The van der Waals surface area contributed by atoms with Gasteiger partial charge in [-0.2, -0.15) is 13.8 Å². The minimum absolute atomic E-state index is 0.0177. The molecule has 0 aliphatic heterocycles. The van der Waals surface area contributed by atoms with Crippen molar-refractivity contribution in [1.29, 1.82) is 0 Å². The average Bonchev–Trinajstić information content (AvgIpc) is 3.44. The molecular formula is C23H19ClF4N4O3. The Morgan fingerprint density at radius 3 is 2.46 bits per heavy atom. The second-order valence-electron chi connectivity index (χ2n) is 8.27. The first-order valence-corrected chi connectivity index (χ1v) is 10.9. The Kier molecular flexibility index (Phi) is 6.31. The number of rotatable bonds is 7. The number of halogens is 5. The zero-order valence-corrected chi connectivity index (χ0v) is 19.2. The Labute approximate surface area is 201 Å². The number of carbonyl (C=O) groups is 2. The average molecular weight is 511 g/mol. The molecule has 2 aromatic carbocycles. The molecule has 2 amide bonds. The maximum absolute atomic E-state index is 15.1. The number of carbonyl (C=O) groups excluding carboxylic acids is 2. The summed E-state index contributed by atoms with van der Waals surface area (Å²) in [5, 5.41) is 4.00. The summed E-state index contributed by atoms with van der Waals surface area (Å²) in [6.45, 7) is 3.08. The lowest BCUT2D eigenvalue weighted by Gasteiger charge is -2.22. The first-order chi connectivity index (χ1) is 16.4. The first kappa shape index (κ1) is 24.6. The summed E-state index contributed by atoms with van der Waals surface area (Å²) in [6, 6.07) is 7.49. The highest BCUT2D eigenvalue weighted by Crippen LogP contribution is 2.38. The van der Waals surface area contributed by atoms with E-state index in [4.69, 9.17) is 16.1 Å². The molecule has 0 spiro atoms. The summed E-state index contributed by atoms with van der Waals surface area (Å²) >= 11 is 4.71. The van der Waals surface area contributed by atoms with Crippen LogP contribution in [0.15, 0.2) is 40.9 Å². The van der Waals surface area contributed by atoms with Crippen LogP contribution in [0, 0.1) is 18.6 Å². The molecule has 1 aromatic heterocycles. The molecule has 12 heteroatoms. The molecule has 0 unspecified atom stereocenters. The molecule has 3 aromatic rings. The zero-order valence-electron chi connectivity index (χ0n) is 18.5. The number of alkyl halides is 3. The highest BCUT2D eigenvalue weighted by molar-refractivity contribution is 6.32. The highest BCUT2D eigenvalue weighted by Gasteiger charge is 2.54. The van der Waals surface area contributed by atoms with Crippen molar-refractivity contribution in [2.45, 2.75) is 43.7 Å². The Bertz CT molecular complexity index is 1300. The van der Waals surface area contributed by atoms with Gasteiger partial charge in [-0.05, 0) is 61.5 Å². The van der Waals surface area contributed by atoms with Crippen LogP contribution in [-0.2, 0) is 9.59 Å². The molecule has 1 aliphatic carbocycles. The molecule has 0 bridgehead atoms. The highest BCUT2D eigenvalue weighted by atomic mass is 35.5. The van der Waals surface area contributed by atoms with Gasteiger partial charge in [0.25, 0.3) is 5.89 Å². The van der Waals surface area contributed by atoms with Gasteiger partial charge in [0.1, 0.15) is 17.2 Å². The van der Waals surface area contributed by atoms with Crippen molar-refractivity contribution >= 4 is 23.4 Å². The van der Waals surface area contributed by atoms with E-state index in [1.54, 1.807) is 13.0 Å². The van der Waals surface area contributed by atoms with Gasteiger partial charge >= 0.3 is 11.3 Å². The quantitative estimate of drug-likeness (QED) is 0.356. The third-order valence-electron chi connectivity index (χ3n) is 5.68. The van der Waals surface area contributed by atoms with Gasteiger partial charge in [0, 0.05) is 5.56 Å². The Morgan fingerprint density at radius 1 is 1.17 bits per heavy atom. The molecule has 35 heavy (non-hydrogen) atoms. The lowest BCUT2D eigenvalue weighted by atomic mass is 9.96. The van der Waals surface area contributed by atoms with Gasteiger partial charge in [-0.3, -0.25) is 9.59 Å². The molecule has 0 radical (unpaired) electrons. The van der Waals surface area contributed by atoms with E-state index in [1.165, 1.54) is 37.3 Å². The van der Waals surface area contributed by atoms with E-state index in [2.05, 4.69) is 15.5 Å². The Balaban J connectivity index is 1.55. The monoisotopic (exact) mass is 510 g/mol. The summed E-state index contributed by atoms with van der Waals surface area (Å²) in [4.78, 5) is 28.1. The third kappa shape index (κ3) is 5.00. The molecule has 4 rings (SSSR count). The molecule has 2 N–H and O–H groups in total. The smallest absolute Gasteiger partial charge is 0.347 e. The van der Waals surface area contributed by atoms with E-state index in [0.717, 1.165) is 0 Å². The molecule has 7 nitrogen and oxygen atoms in total. The molecule has 1 aliphatic rings. The van der Waals surface area contributed by atoms with Crippen molar-refractivity contribution in [3.05, 3.63) is 59.4 Å². The van der Waals surface area contributed by atoms with Crippen LogP contribution in [0.1, 0.15) is 37.2 Å². The number of benzene rings is 2. The largest absolute Gasteiger partial charge is 0.399 e. The molecule has 1 fully saturated rings. The molecule has 1 saturated carbocycles. The molecule has 184 valence electrons. The minimum Gasteiger partial charge on any atom is -0.347 e. The molecule has 1 atom stereocenters. The predicted molar refractivity (Wildman–Crippen MR) is 117 cm³/mol. The third-order valence-corrected chi connectivity index (χ3v) is 5.85. The topological polar surface area (TPSA) is 97.1 Å². The van der Waals surface area contributed by atoms with Crippen molar-refractivity contribution in [2.24, 2.45) is 0 Å². The molecule has 0 saturated heterocycles. The number of amides is 2. The van der Waals surface area contributed by atoms with E-state index in [9.17, 15) is 22.8 Å². The van der Waals surface area contributed by atoms with Crippen LogP contribution in [-0.4, -0.2) is 32.9 Å². The SMILES string of the molecule is Cc1noc(-c2c(F)cccc2-c2ccc([C@@H](C)NC(=O)C3(NC(=O)C(F)(F)Cl)CC3)c(F)c2)n1. The second-order valence-corrected chi connectivity index (χ2v) is 8.75. The fourth-order valence-corrected chi connectivity index (χ4v) is 3.71. The van der Waals surface area contributed by atoms with Gasteiger partial charge in [-0.15, -0.1) is 0 Å². The summed E-state index contributed by atoms with van der Waals surface area (Å²) in [6.07, 6.45) is 0.284. The van der Waals surface area contributed by atoms with Crippen LogP contribution in [0.25, 0.3) is 22.6 Å². The van der Waals surface area contributed by atoms with Gasteiger partial charge in [-0.1, -0.05) is 29.4 Å². The summed E-state index contributed by atoms with van der Waals surface area (Å²) < 4.78 is 60.8. The van der Waals surface area contributed by atoms with Crippen LogP contribution in [0.5, 0.6) is 0 Å². The second kappa shape index (κ2) is 8.95. The fraction of sp³-hybridized carbons (Fsp3) is 0.304. The standard InChI is InChI=1S/C23H19ClF4N4O3/c1-11(29-20(33)22(8-9-22)31-21(34)23(24,27)28)14-7-6-13(10-17(14)26)15-4-3-5-16(25)18(15)19-30-12(2)32-35-19/h3-7,10-11H,8-9H2,1-2H3,(H,29,33)(H,31,34)/t11-/m1/s1. The van der Waals surface area contributed by atoms with Crippen LogP contribution in [0.2, 0.25) is 0 Å². The Hall–Kier alpha value is -3.47. The lowest BCUT2D eigenvalue weighted by Crippen LogP contribution is -2.52. The number of nitrogens with zero attached hydrogens (tertiary/aromatic N) is 2. The van der Waals surface area contributed by atoms with Gasteiger partial charge in [0.15, 0.2) is 5.82 Å². The van der Waals surface area contributed by atoms with Crippen LogP contribution in [0.4, 0.5) is 17.6 Å². The van der Waals surface area contributed by atoms with Crippen molar-refractivity contribution < 1.29 is 31.7 Å². The predicted octanol–water partition coefficient (Wildman–Crippen LogP) is 4.65. The van der Waals surface area contributed by atoms with Gasteiger partial charge in [0.2, 0.25) is 5.91 Å². The number of aryl methyl sites for hydroxylation is 1. The van der Waals surface area contributed by atoms with E-state index in [1.807, 2.05) is 5.32 Å².